The highest BCUT2D eigenvalue weighted by atomic mass is 79.9. The van der Waals surface area contributed by atoms with E-state index in [-0.39, 0.29) is 11.6 Å². The zero-order valence-electron chi connectivity index (χ0n) is 11.9. The van der Waals surface area contributed by atoms with Gasteiger partial charge in [0.2, 0.25) is 0 Å². The van der Waals surface area contributed by atoms with Crippen molar-refractivity contribution in [2.75, 3.05) is 0 Å². The van der Waals surface area contributed by atoms with Crippen molar-refractivity contribution >= 4 is 15.9 Å². The van der Waals surface area contributed by atoms with Crippen LogP contribution < -0.4 is 4.74 Å². The molecule has 2 aromatic rings. The maximum absolute atomic E-state index is 13.9. The summed E-state index contributed by atoms with van der Waals surface area (Å²) in [6, 6.07) is 10.9. The third-order valence-corrected chi connectivity index (χ3v) is 3.89. The minimum Gasteiger partial charge on any atom is -0.454 e. The Labute approximate surface area is 127 Å². The van der Waals surface area contributed by atoms with Gasteiger partial charge in [0, 0.05) is 5.33 Å². The Morgan fingerprint density at radius 1 is 1.15 bits per heavy atom. The van der Waals surface area contributed by atoms with E-state index in [2.05, 4.69) is 29.8 Å². The van der Waals surface area contributed by atoms with E-state index in [0.29, 0.717) is 17.0 Å². The molecule has 106 valence electrons. The van der Waals surface area contributed by atoms with Crippen molar-refractivity contribution in [2.24, 2.45) is 0 Å². The summed E-state index contributed by atoms with van der Waals surface area (Å²) in [7, 11) is 0. The second-order valence-corrected chi connectivity index (χ2v) is 5.73. The van der Waals surface area contributed by atoms with Crippen molar-refractivity contribution in [3.05, 3.63) is 58.9 Å². The van der Waals surface area contributed by atoms with Gasteiger partial charge in [-0.15, -0.1) is 0 Å². The Kier molecular flexibility index (Phi) is 4.81. The number of hydrogen-bond acceptors (Lipinski definition) is 1. The van der Waals surface area contributed by atoms with E-state index in [1.54, 1.807) is 6.07 Å². The van der Waals surface area contributed by atoms with Crippen LogP contribution in [0.3, 0.4) is 0 Å². The van der Waals surface area contributed by atoms with Gasteiger partial charge < -0.3 is 4.74 Å². The second kappa shape index (κ2) is 6.40. The van der Waals surface area contributed by atoms with Crippen LogP contribution in [0.1, 0.15) is 36.5 Å². The quantitative estimate of drug-likeness (QED) is 0.627. The standard InChI is InChI=1S/C17H18BrFO/c1-11(2)15-6-5-14(8-12(15)3)20-17-7-4-13(10-18)9-16(17)19/h4-9,11H,10H2,1-3H3. The molecule has 0 aromatic heterocycles. The lowest BCUT2D eigenvalue weighted by atomic mass is 9.98. The SMILES string of the molecule is Cc1cc(Oc2ccc(CBr)cc2F)ccc1C(C)C. The second-order valence-electron chi connectivity index (χ2n) is 5.17. The Bertz CT molecular complexity index is 608. The summed E-state index contributed by atoms with van der Waals surface area (Å²) in [5.74, 6) is 1.05. The van der Waals surface area contributed by atoms with Crippen LogP contribution in [0.5, 0.6) is 11.5 Å². The van der Waals surface area contributed by atoms with Crippen molar-refractivity contribution < 1.29 is 9.13 Å². The number of rotatable bonds is 4. The Balaban J connectivity index is 2.24. The van der Waals surface area contributed by atoms with Crippen LogP contribution in [0.2, 0.25) is 0 Å². The molecule has 0 saturated carbocycles. The van der Waals surface area contributed by atoms with E-state index in [1.165, 1.54) is 11.6 Å². The molecule has 1 nitrogen and oxygen atoms in total. The van der Waals surface area contributed by atoms with Crippen molar-refractivity contribution in [1.82, 2.24) is 0 Å². The number of halogens is 2. The molecular weight excluding hydrogens is 319 g/mol. The van der Waals surface area contributed by atoms with Crippen LogP contribution >= 0.6 is 15.9 Å². The molecule has 0 spiro atoms. The first kappa shape index (κ1) is 15.0. The molecule has 0 aliphatic heterocycles. The summed E-state index contributed by atoms with van der Waals surface area (Å²) in [5.41, 5.74) is 3.34. The highest BCUT2D eigenvalue weighted by Crippen LogP contribution is 2.29. The summed E-state index contributed by atoms with van der Waals surface area (Å²) in [6.45, 7) is 6.36. The molecule has 0 bridgehead atoms. The molecule has 0 fully saturated rings. The van der Waals surface area contributed by atoms with E-state index in [0.717, 1.165) is 11.1 Å². The molecule has 2 rings (SSSR count). The summed E-state index contributed by atoms with van der Waals surface area (Å²) < 4.78 is 19.5. The van der Waals surface area contributed by atoms with Gasteiger partial charge in [-0.05, 0) is 53.8 Å². The molecular formula is C17H18BrFO. The van der Waals surface area contributed by atoms with E-state index in [9.17, 15) is 4.39 Å². The number of hydrogen-bond donors (Lipinski definition) is 0. The van der Waals surface area contributed by atoms with Crippen molar-refractivity contribution in [1.29, 1.82) is 0 Å². The lowest BCUT2D eigenvalue weighted by Gasteiger charge is -2.13. The first-order valence-electron chi connectivity index (χ1n) is 6.64. The fourth-order valence-corrected chi connectivity index (χ4v) is 2.55. The topological polar surface area (TPSA) is 9.23 Å². The fraction of sp³-hybridized carbons (Fsp3) is 0.294. The van der Waals surface area contributed by atoms with Crippen molar-refractivity contribution in [3.8, 4) is 11.5 Å². The van der Waals surface area contributed by atoms with Crippen LogP contribution in [0.25, 0.3) is 0 Å². The Morgan fingerprint density at radius 3 is 2.45 bits per heavy atom. The van der Waals surface area contributed by atoms with Gasteiger partial charge in [-0.25, -0.2) is 4.39 Å². The number of ether oxygens (including phenoxy) is 1. The molecule has 0 atom stereocenters. The van der Waals surface area contributed by atoms with Gasteiger partial charge in [0.25, 0.3) is 0 Å². The third kappa shape index (κ3) is 3.40. The van der Waals surface area contributed by atoms with Crippen LogP contribution in [-0.2, 0) is 5.33 Å². The zero-order chi connectivity index (χ0) is 14.7. The van der Waals surface area contributed by atoms with Gasteiger partial charge in [0.1, 0.15) is 5.75 Å². The molecule has 0 unspecified atom stereocenters. The molecule has 0 N–H and O–H groups in total. The smallest absolute Gasteiger partial charge is 0.166 e. The van der Waals surface area contributed by atoms with Gasteiger partial charge in [-0.1, -0.05) is 41.9 Å². The average molecular weight is 337 g/mol. The number of alkyl halides is 1. The number of aryl methyl sites for hydroxylation is 1. The van der Waals surface area contributed by atoms with Gasteiger partial charge in [0.05, 0.1) is 0 Å². The Hall–Kier alpha value is -1.35. The van der Waals surface area contributed by atoms with E-state index in [1.807, 2.05) is 31.2 Å². The highest BCUT2D eigenvalue weighted by molar-refractivity contribution is 9.08. The average Bonchev–Trinajstić information content (AvgIpc) is 2.40. The molecule has 0 aliphatic carbocycles. The summed E-state index contributed by atoms with van der Waals surface area (Å²) in [4.78, 5) is 0. The van der Waals surface area contributed by atoms with Gasteiger partial charge in [-0.2, -0.15) is 0 Å². The first-order valence-corrected chi connectivity index (χ1v) is 7.76. The molecule has 0 saturated heterocycles. The maximum atomic E-state index is 13.9. The van der Waals surface area contributed by atoms with E-state index in [4.69, 9.17) is 4.74 Å². The molecule has 0 radical (unpaired) electrons. The fourth-order valence-electron chi connectivity index (χ4n) is 2.20. The van der Waals surface area contributed by atoms with Crippen LogP contribution in [0, 0.1) is 12.7 Å². The molecule has 20 heavy (non-hydrogen) atoms. The summed E-state index contributed by atoms with van der Waals surface area (Å²) >= 11 is 3.31. The predicted molar refractivity (Wildman–Crippen MR) is 84.4 cm³/mol. The molecule has 0 heterocycles. The molecule has 3 heteroatoms. The van der Waals surface area contributed by atoms with E-state index < -0.39 is 0 Å². The molecule has 2 aromatic carbocycles. The lowest BCUT2D eigenvalue weighted by molar-refractivity contribution is 0.441. The summed E-state index contributed by atoms with van der Waals surface area (Å²) in [5, 5.41) is 0.631. The van der Waals surface area contributed by atoms with Gasteiger partial charge in [0.15, 0.2) is 11.6 Å². The zero-order valence-corrected chi connectivity index (χ0v) is 13.5. The minimum atomic E-state index is -0.340. The van der Waals surface area contributed by atoms with Gasteiger partial charge in [-0.3, -0.25) is 0 Å². The van der Waals surface area contributed by atoms with Crippen LogP contribution in [-0.4, -0.2) is 0 Å². The summed E-state index contributed by atoms with van der Waals surface area (Å²) in [6.07, 6.45) is 0. The van der Waals surface area contributed by atoms with E-state index >= 15 is 0 Å². The van der Waals surface area contributed by atoms with Crippen molar-refractivity contribution in [3.63, 3.8) is 0 Å². The minimum absolute atomic E-state index is 0.256. The lowest BCUT2D eigenvalue weighted by Crippen LogP contribution is -1.94. The highest BCUT2D eigenvalue weighted by Gasteiger charge is 2.08. The third-order valence-electron chi connectivity index (χ3n) is 3.24. The monoisotopic (exact) mass is 336 g/mol. The number of benzene rings is 2. The molecule has 0 aliphatic rings. The maximum Gasteiger partial charge on any atom is 0.166 e. The first-order chi connectivity index (χ1) is 9.51. The molecule has 0 amide bonds. The Morgan fingerprint density at radius 2 is 1.90 bits per heavy atom. The van der Waals surface area contributed by atoms with Crippen LogP contribution in [0.4, 0.5) is 4.39 Å². The van der Waals surface area contributed by atoms with Crippen LogP contribution in [0.15, 0.2) is 36.4 Å². The van der Waals surface area contributed by atoms with Gasteiger partial charge >= 0.3 is 0 Å². The normalized spacial score (nSPS) is 10.9. The largest absolute Gasteiger partial charge is 0.454 e. The van der Waals surface area contributed by atoms with Crippen molar-refractivity contribution in [2.45, 2.75) is 32.0 Å². The predicted octanol–water partition coefficient (Wildman–Crippen LogP) is 5.94.